The largest absolute Gasteiger partial charge is 0.355 e. The van der Waals surface area contributed by atoms with Crippen LogP contribution in [0.25, 0.3) is 0 Å². The van der Waals surface area contributed by atoms with Gasteiger partial charge in [-0.2, -0.15) is 0 Å². The van der Waals surface area contributed by atoms with Crippen LogP contribution in [0.3, 0.4) is 0 Å². The van der Waals surface area contributed by atoms with Gasteiger partial charge in [-0.3, -0.25) is 0 Å². The number of anilines is 1. The summed E-state index contributed by atoms with van der Waals surface area (Å²) < 4.78 is 0.793. The first-order valence-corrected chi connectivity index (χ1v) is 7.17. The lowest BCUT2D eigenvalue weighted by atomic mass is 9.85. The number of hydrogen-bond donors (Lipinski definition) is 0. The molecule has 3 nitrogen and oxygen atoms in total. The lowest BCUT2D eigenvalue weighted by Crippen LogP contribution is -2.39. The van der Waals surface area contributed by atoms with Crippen LogP contribution < -0.4 is 4.90 Å². The van der Waals surface area contributed by atoms with E-state index in [0.29, 0.717) is 17.1 Å². The first kappa shape index (κ1) is 13.1. The molecule has 1 aromatic heterocycles. The standard InChI is InChI=1S/C12H17BrClN3/c1-8-5-3-4-6-9(8)17(2)12-10(13)11(14)15-7-16-12/h7-9H,3-6H2,1-2H3. The van der Waals surface area contributed by atoms with E-state index in [0.717, 1.165) is 10.3 Å². The molecule has 1 saturated carbocycles. The number of aromatic nitrogens is 2. The van der Waals surface area contributed by atoms with E-state index < -0.39 is 0 Å². The molecule has 0 saturated heterocycles. The molecule has 5 heteroatoms. The molecule has 1 aliphatic carbocycles. The minimum atomic E-state index is 0.477. The van der Waals surface area contributed by atoms with Gasteiger partial charge in [0.15, 0.2) is 0 Å². The lowest BCUT2D eigenvalue weighted by molar-refractivity contribution is 0.320. The fraction of sp³-hybridized carbons (Fsp3) is 0.667. The van der Waals surface area contributed by atoms with Crippen LogP contribution in [0, 0.1) is 5.92 Å². The molecular formula is C12H17BrClN3. The van der Waals surface area contributed by atoms with Crippen LogP contribution in [-0.4, -0.2) is 23.1 Å². The Kier molecular flexibility index (Phi) is 4.26. The molecule has 2 atom stereocenters. The second-order valence-electron chi connectivity index (χ2n) is 4.74. The van der Waals surface area contributed by atoms with Crippen molar-refractivity contribution in [3.8, 4) is 0 Å². The first-order valence-electron chi connectivity index (χ1n) is 6.00. The molecule has 1 aliphatic rings. The first-order chi connectivity index (χ1) is 8.11. The van der Waals surface area contributed by atoms with Crippen LogP contribution in [0.1, 0.15) is 32.6 Å². The minimum absolute atomic E-state index is 0.477. The monoisotopic (exact) mass is 317 g/mol. The molecule has 0 N–H and O–H groups in total. The minimum Gasteiger partial charge on any atom is -0.355 e. The Balaban J connectivity index is 2.23. The van der Waals surface area contributed by atoms with E-state index in [2.05, 4.69) is 44.8 Å². The number of rotatable bonds is 2. The van der Waals surface area contributed by atoms with Crippen molar-refractivity contribution in [3.05, 3.63) is 16.0 Å². The van der Waals surface area contributed by atoms with Crippen molar-refractivity contribution in [1.29, 1.82) is 0 Å². The van der Waals surface area contributed by atoms with Gasteiger partial charge in [-0.1, -0.05) is 31.4 Å². The topological polar surface area (TPSA) is 29.0 Å². The van der Waals surface area contributed by atoms with E-state index in [1.165, 1.54) is 32.0 Å². The maximum atomic E-state index is 6.01. The van der Waals surface area contributed by atoms with E-state index in [-0.39, 0.29) is 0 Å². The van der Waals surface area contributed by atoms with E-state index in [1.54, 1.807) is 0 Å². The Morgan fingerprint density at radius 3 is 2.76 bits per heavy atom. The summed E-state index contributed by atoms with van der Waals surface area (Å²) in [7, 11) is 2.09. The van der Waals surface area contributed by atoms with Crippen molar-refractivity contribution in [2.45, 2.75) is 38.6 Å². The second kappa shape index (κ2) is 5.53. The zero-order valence-corrected chi connectivity index (χ0v) is 12.5. The fourth-order valence-electron chi connectivity index (χ4n) is 2.61. The van der Waals surface area contributed by atoms with Gasteiger partial charge in [-0.15, -0.1) is 0 Å². The van der Waals surface area contributed by atoms with Gasteiger partial charge in [0, 0.05) is 13.1 Å². The molecule has 94 valence electrons. The Labute approximate surface area is 116 Å². The zero-order chi connectivity index (χ0) is 12.4. The van der Waals surface area contributed by atoms with E-state index in [4.69, 9.17) is 11.6 Å². The van der Waals surface area contributed by atoms with Gasteiger partial charge in [-0.25, -0.2) is 9.97 Å². The van der Waals surface area contributed by atoms with Gasteiger partial charge in [0.1, 0.15) is 17.3 Å². The molecule has 0 bridgehead atoms. The molecule has 0 spiro atoms. The molecule has 2 rings (SSSR count). The molecule has 17 heavy (non-hydrogen) atoms. The number of nitrogens with zero attached hydrogens (tertiary/aromatic N) is 3. The van der Waals surface area contributed by atoms with Crippen LogP contribution >= 0.6 is 27.5 Å². The summed E-state index contributed by atoms with van der Waals surface area (Å²) in [5.74, 6) is 1.60. The summed E-state index contributed by atoms with van der Waals surface area (Å²) in [5, 5.41) is 0.477. The summed E-state index contributed by atoms with van der Waals surface area (Å²) in [6, 6.07) is 0.547. The Morgan fingerprint density at radius 1 is 1.35 bits per heavy atom. The van der Waals surface area contributed by atoms with Crippen molar-refractivity contribution in [2.75, 3.05) is 11.9 Å². The fourth-order valence-corrected chi connectivity index (χ4v) is 3.23. The van der Waals surface area contributed by atoms with Gasteiger partial charge >= 0.3 is 0 Å². The highest BCUT2D eigenvalue weighted by molar-refractivity contribution is 9.10. The Morgan fingerprint density at radius 2 is 2.06 bits per heavy atom. The van der Waals surface area contributed by atoms with Gasteiger partial charge in [0.2, 0.25) is 0 Å². The summed E-state index contributed by atoms with van der Waals surface area (Å²) >= 11 is 9.48. The van der Waals surface area contributed by atoms with Crippen molar-refractivity contribution < 1.29 is 0 Å². The van der Waals surface area contributed by atoms with Crippen LogP contribution in [0.2, 0.25) is 5.15 Å². The lowest BCUT2D eigenvalue weighted by Gasteiger charge is -2.37. The molecular weight excluding hydrogens is 302 g/mol. The molecule has 2 unspecified atom stereocenters. The van der Waals surface area contributed by atoms with Gasteiger partial charge in [-0.05, 0) is 34.7 Å². The van der Waals surface area contributed by atoms with Crippen molar-refractivity contribution in [1.82, 2.24) is 9.97 Å². The molecule has 0 radical (unpaired) electrons. The SMILES string of the molecule is CC1CCCCC1N(C)c1ncnc(Cl)c1Br. The summed E-state index contributed by atoms with van der Waals surface area (Å²) in [5.41, 5.74) is 0. The maximum absolute atomic E-state index is 6.01. The van der Waals surface area contributed by atoms with E-state index in [9.17, 15) is 0 Å². The van der Waals surface area contributed by atoms with Gasteiger partial charge in [0.25, 0.3) is 0 Å². The number of halogens is 2. The molecule has 1 heterocycles. The number of hydrogen-bond acceptors (Lipinski definition) is 3. The van der Waals surface area contributed by atoms with Crippen LogP contribution in [0.15, 0.2) is 10.8 Å². The van der Waals surface area contributed by atoms with Crippen molar-refractivity contribution in [3.63, 3.8) is 0 Å². The van der Waals surface area contributed by atoms with Crippen LogP contribution in [0.4, 0.5) is 5.82 Å². The smallest absolute Gasteiger partial charge is 0.148 e. The average molecular weight is 319 g/mol. The van der Waals surface area contributed by atoms with Crippen molar-refractivity contribution >= 4 is 33.3 Å². The highest BCUT2D eigenvalue weighted by Crippen LogP contribution is 2.34. The molecule has 0 aromatic carbocycles. The predicted molar refractivity (Wildman–Crippen MR) is 74.6 cm³/mol. The van der Waals surface area contributed by atoms with E-state index >= 15 is 0 Å². The highest BCUT2D eigenvalue weighted by Gasteiger charge is 2.27. The van der Waals surface area contributed by atoms with E-state index in [1.807, 2.05) is 0 Å². The summed E-state index contributed by atoms with van der Waals surface area (Å²) in [6.45, 7) is 2.32. The normalized spacial score (nSPS) is 24.7. The molecule has 1 aromatic rings. The van der Waals surface area contributed by atoms with Gasteiger partial charge in [0.05, 0.1) is 4.47 Å². The average Bonchev–Trinajstić information content (AvgIpc) is 2.32. The third kappa shape index (κ3) is 2.74. The third-order valence-corrected chi connectivity index (χ3v) is 4.87. The highest BCUT2D eigenvalue weighted by atomic mass is 79.9. The molecule has 1 fully saturated rings. The van der Waals surface area contributed by atoms with Crippen LogP contribution in [-0.2, 0) is 0 Å². The zero-order valence-electron chi connectivity index (χ0n) is 10.2. The predicted octanol–water partition coefficient (Wildman–Crippen LogP) is 3.91. The van der Waals surface area contributed by atoms with Crippen molar-refractivity contribution in [2.24, 2.45) is 5.92 Å². The third-order valence-electron chi connectivity index (χ3n) is 3.63. The maximum Gasteiger partial charge on any atom is 0.148 e. The Hall–Kier alpha value is -0.350. The van der Waals surface area contributed by atoms with Crippen LogP contribution in [0.5, 0.6) is 0 Å². The summed E-state index contributed by atoms with van der Waals surface area (Å²) in [4.78, 5) is 10.5. The summed E-state index contributed by atoms with van der Waals surface area (Å²) in [6.07, 6.45) is 6.69. The van der Waals surface area contributed by atoms with Gasteiger partial charge < -0.3 is 4.90 Å². The molecule has 0 aliphatic heterocycles. The molecule has 0 amide bonds. The quantitative estimate of drug-likeness (QED) is 0.774. The second-order valence-corrected chi connectivity index (χ2v) is 5.89. The Bertz CT molecular complexity index is 399.